The van der Waals surface area contributed by atoms with Crippen LogP contribution < -0.4 is 0 Å². The number of carbonyl (C=O) groups excluding carboxylic acids is 1. The number of fused-ring (bicyclic) bond motifs is 1. The Labute approximate surface area is 102 Å². The first kappa shape index (κ1) is 12.5. The van der Waals surface area contributed by atoms with Crippen molar-refractivity contribution in [1.82, 2.24) is 15.2 Å². The molecule has 0 spiro atoms. The molecule has 0 saturated heterocycles. The lowest BCUT2D eigenvalue weighted by molar-refractivity contribution is -0.144. The van der Waals surface area contributed by atoms with Crippen LogP contribution in [-0.4, -0.2) is 44.6 Å². The van der Waals surface area contributed by atoms with Crippen LogP contribution in [0.5, 0.6) is 0 Å². The molecule has 0 aromatic carbocycles. The summed E-state index contributed by atoms with van der Waals surface area (Å²) in [6.07, 6.45) is 0.275. The molecule has 18 heavy (non-hydrogen) atoms. The van der Waals surface area contributed by atoms with E-state index in [9.17, 15) is 15.0 Å². The Morgan fingerprint density at radius 2 is 2.28 bits per heavy atom. The Kier molecular flexibility index (Phi) is 3.54. The number of methoxy groups -OCH3 is 1. The number of pyridine rings is 1. The molecule has 2 aromatic heterocycles. The van der Waals surface area contributed by atoms with Gasteiger partial charge in [-0.2, -0.15) is 5.10 Å². The summed E-state index contributed by atoms with van der Waals surface area (Å²) in [7, 11) is 1.22. The van der Waals surface area contributed by atoms with Crippen molar-refractivity contribution in [2.24, 2.45) is 0 Å². The number of H-pyrrole nitrogens is 1. The number of aromatic amines is 1. The molecule has 0 amide bonds. The summed E-state index contributed by atoms with van der Waals surface area (Å²) in [5.41, 5.74) is 1.01. The molecule has 96 valence electrons. The van der Waals surface area contributed by atoms with Gasteiger partial charge in [-0.25, -0.2) is 4.98 Å². The van der Waals surface area contributed by atoms with Gasteiger partial charge in [-0.05, 0) is 6.07 Å². The van der Waals surface area contributed by atoms with Crippen LogP contribution in [-0.2, 0) is 9.53 Å². The van der Waals surface area contributed by atoms with E-state index in [-0.39, 0.29) is 6.42 Å². The van der Waals surface area contributed by atoms with E-state index in [1.807, 2.05) is 0 Å². The Morgan fingerprint density at radius 1 is 1.50 bits per heavy atom. The molecule has 2 rings (SSSR count). The Balaban J connectivity index is 2.16. The Bertz CT molecular complexity index is 554. The van der Waals surface area contributed by atoms with Gasteiger partial charge in [-0.1, -0.05) is 0 Å². The average Bonchev–Trinajstić information content (AvgIpc) is 2.84. The van der Waals surface area contributed by atoms with Gasteiger partial charge in [0.1, 0.15) is 6.10 Å². The first-order chi connectivity index (χ1) is 8.61. The van der Waals surface area contributed by atoms with E-state index in [4.69, 9.17) is 0 Å². The topological polar surface area (TPSA) is 108 Å². The molecular formula is C11H13N3O4. The second kappa shape index (κ2) is 5.11. The molecule has 0 aliphatic rings. The molecule has 0 radical (unpaired) electrons. The Hall–Kier alpha value is -1.99. The summed E-state index contributed by atoms with van der Waals surface area (Å²) in [5.74, 6) is -0.584. The summed E-state index contributed by atoms with van der Waals surface area (Å²) in [5, 5.41) is 26.8. The SMILES string of the molecule is COC(=O)CC(O)C(O)c1cnc2[nH]ncc2c1. The Morgan fingerprint density at radius 3 is 3.00 bits per heavy atom. The minimum absolute atomic E-state index is 0.277. The number of rotatable bonds is 4. The molecule has 7 heteroatoms. The average molecular weight is 251 g/mol. The van der Waals surface area contributed by atoms with E-state index in [0.29, 0.717) is 11.2 Å². The van der Waals surface area contributed by atoms with E-state index in [0.717, 1.165) is 5.39 Å². The number of ether oxygens (including phenoxy) is 1. The maximum atomic E-state index is 11.0. The van der Waals surface area contributed by atoms with Crippen molar-refractivity contribution in [3.63, 3.8) is 0 Å². The van der Waals surface area contributed by atoms with Gasteiger partial charge >= 0.3 is 5.97 Å². The predicted octanol–water partition coefficient (Wildman–Crippen LogP) is -0.0847. The number of aliphatic hydroxyl groups excluding tert-OH is 2. The first-order valence-corrected chi connectivity index (χ1v) is 5.34. The summed E-state index contributed by atoms with van der Waals surface area (Å²) < 4.78 is 4.42. The molecule has 0 aliphatic carbocycles. The van der Waals surface area contributed by atoms with E-state index in [2.05, 4.69) is 19.9 Å². The number of nitrogens with one attached hydrogen (secondary N) is 1. The van der Waals surface area contributed by atoms with E-state index < -0.39 is 18.2 Å². The summed E-state index contributed by atoms with van der Waals surface area (Å²) in [6, 6.07) is 1.65. The molecule has 0 saturated carbocycles. The number of hydrogen-bond donors (Lipinski definition) is 3. The van der Waals surface area contributed by atoms with Crippen LogP contribution in [0.4, 0.5) is 0 Å². The minimum atomic E-state index is -1.23. The number of nitrogens with zero attached hydrogens (tertiary/aromatic N) is 2. The predicted molar refractivity (Wildman–Crippen MR) is 61.5 cm³/mol. The molecule has 2 atom stereocenters. The van der Waals surface area contributed by atoms with Crippen LogP contribution in [0, 0.1) is 0 Å². The van der Waals surface area contributed by atoms with Crippen molar-refractivity contribution in [3.8, 4) is 0 Å². The fourth-order valence-corrected chi connectivity index (χ4v) is 1.60. The zero-order valence-electron chi connectivity index (χ0n) is 9.70. The monoisotopic (exact) mass is 251 g/mol. The third-order valence-corrected chi connectivity index (χ3v) is 2.62. The van der Waals surface area contributed by atoms with Crippen LogP contribution in [0.15, 0.2) is 18.5 Å². The van der Waals surface area contributed by atoms with Crippen molar-refractivity contribution in [1.29, 1.82) is 0 Å². The smallest absolute Gasteiger partial charge is 0.308 e. The third-order valence-electron chi connectivity index (χ3n) is 2.62. The van der Waals surface area contributed by atoms with Crippen LogP contribution in [0.25, 0.3) is 11.0 Å². The van der Waals surface area contributed by atoms with Crippen molar-refractivity contribution >= 4 is 17.0 Å². The van der Waals surface area contributed by atoms with Gasteiger partial charge < -0.3 is 14.9 Å². The highest BCUT2D eigenvalue weighted by atomic mass is 16.5. The lowest BCUT2D eigenvalue weighted by Gasteiger charge is -2.16. The lowest BCUT2D eigenvalue weighted by Crippen LogP contribution is -2.22. The van der Waals surface area contributed by atoms with Gasteiger partial charge in [0.15, 0.2) is 5.65 Å². The van der Waals surface area contributed by atoms with Crippen molar-refractivity contribution in [2.45, 2.75) is 18.6 Å². The highest BCUT2D eigenvalue weighted by Crippen LogP contribution is 2.21. The highest BCUT2D eigenvalue weighted by molar-refractivity contribution is 5.74. The van der Waals surface area contributed by atoms with Gasteiger partial charge in [0.25, 0.3) is 0 Å². The normalized spacial score (nSPS) is 14.4. The molecule has 3 N–H and O–H groups in total. The van der Waals surface area contributed by atoms with Gasteiger partial charge in [-0.3, -0.25) is 9.89 Å². The maximum Gasteiger partial charge on any atom is 0.308 e. The van der Waals surface area contributed by atoms with Crippen LogP contribution in [0.3, 0.4) is 0 Å². The van der Waals surface area contributed by atoms with Gasteiger partial charge in [0.05, 0.1) is 25.8 Å². The van der Waals surface area contributed by atoms with E-state index >= 15 is 0 Å². The second-order valence-electron chi connectivity index (χ2n) is 3.87. The highest BCUT2D eigenvalue weighted by Gasteiger charge is 2.22. The van der Waals surface area contributed by atoms with Crippen molar-refractivity contribution in [3.05, 3.63) is 24.0 Å². The molecule has 2 heterocycles. The summed E-state index contributed by atoms with van der Waals surface area (Å²) in [4.78, 5) is 15.0. The molecular weight excluding hydrogens is 238 g/mol. The fourth-order valence-electron chi connectivity index (χ4n) is 1.60. The number of esters is 1. The van der Waals surface area contributed by atoms with Crippen molar-refractivity contribution < 1.29 is 19.7 Å². The molecule has 2 aromatic rings. The van der Waals surface area contributed by atoms with Crippen molar-refractivity contribution in [2.75, 3.05) is 7.11 Å². The van der Waals surface area contributed by atoms with E-state index in [1.54, 1.807) is 12.3 Å². The first-order valence-electron chi connectivity index (χ1n) is 5.34. The number of aliphatic hydroxyl groups is 2. The molecule has 0 aliphatic heterocycles. The molecule has 7 nitrogen and oxygen atoms in total. The fraction of sp³-hybridized carbons (Fsp3) is 0.364. The van der Waals surface area contributed by atoms with Gasteiger partial charge in [0, 0.05) is 17.1 Å². The molecule has 0 fully saturated rings. The maximum absolute atomic E-state index is 11.0. The standard InChI is InChI=1S/C11H13N3O4/c1-18-9(16)3-8(15)10(17)6-2-7-5-13-14-11(7)12-4-6/h2,4-5,8,10,15,17H,3H2,1H3,(H,12,13,14). The quantitative estimate of drug-likeness (QED) is 0.656. The summed E-state index contributed by atoms with van der Waals surface area (Å²) in [6.45, 7) is 0. The number of hydrogen-bond acceptors (Lipinski definition) is 6. The van der Waals surface area contributed by atoms with Gasteiger partial charge in [0.2, 0.25) is 0 Å². The van der Waals surface area contributed by atoms with Crippen LogP contribution >= 0.6 is 0 Å². The number of carbonyl (C=O) groups is 1. The van der Waals surface area contributed by atoms with Gasteiger partial charge in [-0.15, -0.1) is 0 Å². The largest absolute Gasteiger partial charge is 0.469 e. The minimum Gasteiger partial charge on any atom is -0.469 e. The van der Waals surface area contributed by atoms with Crippen LogP contribution in [0.1, 0.15) is 18.1 Å². The third kappa shape index (κ3) is 2.47. The molecule has 0 bridgehead atoms. The van der Waals surface area contributed by atoms with E-state index in [1.165, 1.54) is 13.3 Å². The second-order valence-corrected chi connectivity index (χ2v) is 3.87. The van der Waals surface area contributed by atoms with Crippen LogP contribution in [0.2, 0.25) is 0 Å². The lowest BCUT2D eigenvalue weighted by atomic mass is 10.0. The summed E-state index contributed by atoms with van der Waals surface area (Å²) >= 11 is 0. The molecule has 2 unspecified atom stereocenters. The number of aromatic nitrogens is 3. The zero-order chi connectivity index (χ0) is 13.1. The zero-order valence-corrected chi connectivity index (χ0v) is 9.70.